The first-order valence-electron chi connectivity index (χ1n) is 4.35. The molecule has 2 aromatic heterocycles. The van der Waals surface area contributed by atoms with Crippen LogP contribution in [0, 0.1) is 0 Å². The monoisotopic (exact) mass is 175 g/mol. The Bertz CT molecular complexity index is 313. The Morgan fingerprint density at radius 1 is 1.15 bits per heavy atom. The van der Waals surface area contributed by atoms with Crippen molar-refractivity contribution in [1.29, 1.82) is 0 Å². The lowest BCUT2D eigenvalue weighted by molar-refractivity contribution is 1.04. The topological polar surface area (TPSA) is 30.7 Å². The zero-order valence-electron chi connectivity index (χ0n) is 7.88. The first kappa shape index (κ1) is 9.45. The van der Waals surface area contributed by atoms with E-state index in [2.05, 4.69) is 9.97 Å². The van der Waals surface area contributed by atoms with Gasteiger partial charge in [-0.3, -0.25) is 4.98 Å². The maximum absolute atomic E-state index is 3.99. The van der Waals surface area contributed by atoms with Crippen molar-refractivity contribution in [3.8, 4) is 5.69 Å². The molecule has 0 spiro atoms. The Kier molecular flexibility index (Phi) is 3.70. The summed E-state index contributed by atoms with van der Waals surface area (Å²) in [6.45, 7) is 4.00. The Hall–Kier alpha value is -1.64. The highest BCUT2D eigenvalue weighted by molar-refractivity contribution is 5.26. The molecule has 0 aliphatic heterocycles. The molecule has 0 saturated carbocycles. The molecular formula is C10H13N3. The second-order valence-corrected chi connectivity index (χ2v) is 2.18. The fourth-order valence-corrected chi connectivity index (χ4v) is 0.918. The van der Waals surface area contributed by atoms with Crippen LogP contribution in [0.5, 0.6) is 0 Å². The molecule has 0 fully saturated rings. The minimum Gasteiger partial charge on any atom is -0.305 e. The zero-order chi connectivity index (χ0) is 9.52. The molecule has 0 aliphatic carbocycles. The lowest BCUT2D eigenvalue weighted by Gasteiger charge is -1.97. The summed E-state index contributed by atoms with van der Waals surface area (Å²) >= 11 is 0. The number of hydrogen-bond acceptors (Lipinski definition) is 2. The predicted molar refractivity (Wildman–Crippen MR) is 52.7 cm³/mol. The summed E-state index contributed by atoms with van der Waals surface area (Å²) in [4.78, 5) is 7.93. The molecule has 0 amide bonds. The predicted octanol–water partition coefficient (Wildman–Crippen LogP) is 2.29. The van der Waals surface area contributed by atoms with Crippen molar-refractivity contribution in [2.45, 2.75) is 13.8 Å². The van der Waals surface area contributed by atoms with E-state index in [1.807, 2.05) is 36.7 Å². The average Bonchev–Trinajstić information content (AvgIpc) is 2.75. The van der Waals surface area contributed by atoms with Gasteiger partial charge in [0.25, 0.3) is 0 Å². The van der Waals surface area contributed by atoms with Crippen molar-refractivity contribution in [3.05, 3.63) is 43.2 Å². The summed E-state index contributed by atoms with van der Waals surface area (Å²) in [5, 5.41) is 0. The first-order valence-corrected chi connectivity index (χ1v) is 4.35. The highest BCUT2D eigenvalue weighted by Crippen LogP contribution is 2.02. The van der Waals surface area contributed by atoms with Crippen molar-refractivity contribution in [2.24, 2.45) is 0 Å². The van der Waals surface area contributed by atoms with Gasteiger partial charge in [-0.25, -0.2) is 4.98 Å². The Morgan fingerprint density at radius 2 is 2.00 bits per heavy atom. The van der Waals surface area contributed by atoms with Gasteiger partial charge in [-0.05, 0) is 12.1 Å². The fourth-order valence-electron chi connectivity index (χ4n) is 0.918. The largest absolute Gasteiger partial charge is 0.305 e. The maximum Gasteiger partial charge on any atom is 0.0992 e. The van der Waals surface area contributed by atoms with E-state index in [1.165, 1.54) is 0 Å². The van der Waals surface area contributed by atoms with E-state index >= 15 is 0 Å². The van der Waals surface area contributed by atoms with E-state index in [9.17, 15) is 0 Å². The van der Waals surface area contributed by atoms with Crippen LogP contribution in [0.3, 0.4) is 0 Å². The van der Waals surface area contributed by atoms with Gasteiger partial charge in [-0.2, -0.15) is 0 Å². The van der Waals surface area contributed by atoms with Gasteiger partial charge < -0.3 is 4.57 Å². The van der Waals surface area contributed by atoms with Crippen molar-refractivity contribution < 1.29 is 0 Å². The highest BCUT2D eigenvalue weighted by atomic mass is 15.0. The average molecular weight is 175 g/mol. The lowest BCUT2D eigenvalue weighted by Crippen LogP contribution is -1.88. The summed E-state index contributed by atoms with van der Waals surface area (Å²) in [6.07, 6.45) is 8.92. The molecule has 0 saturated heterocycles. The van der Waals surface area contributed by atoms with Crippen LogP contribution in [-0.4, -0.2) is 14.5 Å². The smallest absolute Gasteiger partial charge is 0.0992 e. The van der Waals surface area contributed by atoms with E-state index in [4.69, 9.17) is 0 Å². The van der Waals surface area contributed by atoms with Gasteiger partial charge >= 0.3 is 0 Å². The summed E-state index contributed by atoms with van der Waals surface area (Å²) < 4.78 is 1.91. The number of pyridine rings is 1. The van der Waals surface area contributed by atoms with Crippen LogP contribution in [0.4, 0.5) is 0 Å². The van der Waals surface area contributed by atoms with Crippen LogP contribution in [-0.2, 0) is 0 Å². The first-order chi connectivity index (χ1) is 6.47. The van der Waals surface area contributed by atoms with Gasteiger partial charge in [0.15, 0.2) is 0 Å². The molecule has 0 N–H and O–H groups in total. The van der Waals surface area contributed by atoms with Gasteiger partial charge in [0.2, 0.25) is 0 Å². The van der Waals surface area contributed by atoms with Crippen LogP contribution in [0.1, 0.15) is 13.8 Å². The molecule has 0 aromatic carbocycles. The Labute approximate surface area is 78.1 Å². The molecule has 68 valence electrons. The Morgan fingerprint density at radius 3 is 2.54 bits per heavy atom. The second kappa shape index (κ2) is 5.09. The van der Waals surface area contributed by atoms with Crippen LogP contribution in [0.15, 0.2) is 43.2 Å². The molecule has 3 heteroatoms. The quantitative estimate of drug-likeness (QED) is 0.665. The molecular weight excluding hydrogens is 162 g/mol. The van der Waals surface area contributed by atoms with Gasteiger partial charge in [-0.15, -0.1) is 0 Å². The van der Waals surface area contributed by atoms with Crippen molar-refractivity contribution in [3.63, 3.8) is 0 Å². The Balaban J connectivity index is 0.000000396. The summed E-state index contributed by atoms with van der Waals surface area (Å²) in [5.74, 6) is 0. The van der Waals surface area contributed by atoms with E-state index < -0.39 is 0 Å². The number of rotatable bonds is 1. The van der Waals surface area contributed by atoms with Crippen LogP contribution < -0.4 is 0 Å². The third-order valence-electron chi connectivity index (χ3n) is 1.45. The third-order valence-corrected chi connectivity index (χ3v) is 1.45. The molecule has 2 heterocycles. The van der Waals surface area contributed by atoms with Gasteiger partial charge in [0, 0.05) is 18.6 Å². The molecule has 2 aromatic rings. The third kappa shape index (κ3) is 2.40. The zero-order valence-corrected chi connectivity index (χ0v) is 7.88. The maximum atomic E-state index is 3.99. The summed E-state index contributed by atoms with van der Waals surface area (Å²) in [6, 6.07) is 3.88. The van der Waals surface area contributed by atoms with Crippen LogP contribution in [0.2, 0.25) is 0 Å². The number of hydrogen-bond donors (Lipinski definition) is 0. The molecule has 0 aliphatic rings. The van der Waals surface area contributed by atoms with E-state index in [0.29, 0.717) is 0 Å². The van der Waals surface area contributed by atoms with Gasteiger partial charge in [0.1, 0.15) is 0 Å². The van der Waals surface area contributed by atoms with Crippen molar-refractivity contribution in [2.75, 3.05) is 0 Å². The van der Waals surface area contributed by atoms with E-state index in [1.54, 1.807) is 24.9 Å². The van der Waals surface area contributed by atoms with Crippen molar-refractivity contribution in [1.82, 2.24) is 14.5 Å². The summed E-state index contributed by atoms with van der Waals surface area (Å²) in [5.41, 5.74) is 1.03. The molecule has 13 heavy (non-hydrogen) atoms. The molecule has 3 nitrogen and oxygen atoms in total. The minimum absolute atomic E-state index is 1.03. The lowest BCUT2D eigenvalue weighted by atomic mass is 10.4. The molecule has 0 radical (unpaired) electrons. The van der Waals surface area contributed by atoms with Crippen LogP contribution in [0.25, 0.3) is 5.69 Å². The van der Waals surface area contributed by atoms with Crippen LogP contribution >= 0.6 is 0 Å². The highest BCUT2D eigenvalue weighted by Gasteiger charge is 1.90. The normalized spacial score (nSPS) is 8.77. The minimum atomic E-state index is 1.03. The SMILES string of the molecule is CC.c1cncc(-n2ccnc2)c1. The molecule has 0 atom stereocenters. The van der Waals surface area contributed by atoms with Gasteiger partial charge in [0.05, 0.1) is 18.2 Å². The second-order valence-electron chi connectivity index (χ2n) is 2.18. The molecule has 2 rings (SSSR count). The molecule has 0 unspecified atom stereocenters. The van der Waals surface area contributed by atoms with E-state index in [-0.39, 0.29) is 0 Å². The number of nitrogens with zero attached hydrogens (tertiary/aromatic N) is 3. The van der Waals surface area contributed by atoms with Gasteiger partial charge in [-0.1, -0.05) is 13.8 Å². The number of aromatic nitrogens is 3. The summed E-state index contributed by atoms with van der Waals surface area (Å²) in [7, 11) is 0. The standard InChI is InChI=1S/C8H7N3.C2H6/c1-2-8(6-9-3-1)11-5-4-10-7-11;1-2/h1-7H;1-2H3. The van der Waals surface area contributed by atoms with Crippen molar-refractivity contribution >= 4 is 0 Å². The molecule has 0 bridgehead atoms. The fraction of sp³-hybridized carbons (Fsp3) is 0.200. The number of imidazole rings is 1. The van der Waals surface area contributed by atoms with E-state index in [0.717, 1.165) is 5.69 Å².